The lowest BCUT2D eigenvalue weighted by molar-refractivity contribution is 0.286. The van der Waals surface area contributed by atoms with Crippen molar-refractivity contribution in [1.82, 2.24) is 15.0 Å². The normalized spacial score (nSPS) is 10.4. The van der Waals surface area contributed by atoms with Gasteiger partial charge in [0.1, 0.15) is 12.3 Å². The van der Waals surface area contributed by atoms with Crippen LogP contribution in [0.5, 0.6) is 5.75 Å². The Bertz CT molecular complexity index is 497. The van der Waals surface area contributed by atoms with Crippen molar-refractivity contribution < 1.29 is 9.13 Å². The highest BCUT2D eigenvalue weighted by Crippen LogP contribution is 2.20. The number of benzene rings is 1. The number of anilines is 1. The molecule has 0 amide bonds. The second kappa shape index (κ2) is 4.18. The highest BCUT2D eigenvalue weighted by atomic mass is 19.1. The van der Waals surface area contributed by atoms with Gasteiger partial charge in [0.15, 0.2) is 11.6 Å². The second-order valence-electron chi connectivity index (χ2n) is 3.36. The summed E-state index contributed by atoms with van der Waals surface area (Å²) in [5.74, 6) is -0.330. The number of hydrogen-bond donors (Lipinski definition) is 1. The smallest absolute Gasteiger partial charge is 0.167 e. The predicted octanol–water partition coefficient (Wildman–Crippen LogP) is 1.12. The van der Waals surface area contributed by atoms with Gasteiger partial charge in [0, 0.05) is 18.8 Å². The number of nitrogens with zero attached hydrogens (tertiary/aromatic N) is 3. The molecule has 5 nitrogen and oxygen atoms in total. The highest BCUT2D eigenvalue weighted by Gasteiger charge is 2.05. The number of halogens is 1. The lowest BCUT2D eigenvalue weighted by Gasteiger charge is -2.05. The molecular weight excluding hydrogens is 211 g/mol. The van der Waals surface area contributed by atoms with Gasteiger partial charge in [-0.1, -0.05) is 5.21 Å². The average molecular weight is 222 g/mol. The summed E-state index contributed by atoms with van der Waals surface area (Å²) in [6, 6.07) is 4.28. The predicted molar refractivity (Wildman–Crippen MR) is 56.1 cm³/mol. The molecule has 0 saturated heterocycles. The summed E-state index contributed by atoms with van der Waals surface area (Å²) in [4.78, 5) is 0. The molecule has 0 aliphatic carbocycles. The Balaban J connectivity index is 2.04. The average Bonchev–Trinajstić information content (AvgIpc) is 2.63. The van der Waals surface area contributed by atoms with E-state index in [0.717, 1.165) is 0 Å². The summed E-state index contributed by atoms with van der Waals surface area (Å²) < 4.78 is 20.1. The first-order chi connectivity index (χ1) is 7.65. The van der Waals surface area contributed by atoms with E-state index >= 15 is 0 Å². The Hall–Kier alpha value is -2.11. The monoisotopic (exact) mass is 222 g/mol. The fourth-order valence-corrected chi connectivity index (χ4v) is 1.25. The molecular formula is C10H11FN4O. The van der Waals surface area contributed by atoms with E-state index in [1.165, 1.54) is 12.1 Å². The van der Waals surface area contributed by atoms with Gasteiger partial charge in [0.2, 0.25) is 0 Å². The maximum Gasteiger partial charge on any atom is 0.167 e. The first kappa shape index (κ1) is 10.4. The third kappa shape index (κ3) is 2.28. The number of nitrogen functional groups attached to an aromatic ring is 1. The van der Waals surface area contributed by atoms with E-state index in [2.05, 4.69) is 10.3 Å². The van der Waals surface area contributed by atoms with E-state index in [0.29, 0.717) is 11.4 Å². The van der Waals surface area contributed by atoms with Crippen LogP contribution in [0.4, 0.5) is 10.1 Å². The van der Waals surface area contributed by atoms with Crippen molar-refractivity contribution >= 4 is 5.69 Å². The van der Waals surface area contributed by atoms with Crippen LogP contribution in [0.25, 0.3) is 0 Å². The first-order valence-electron chi connectivity index (χ1n) is 4.68. The number of ether oxygens (including phenoxy) is 1. The molecule has 6 heteroatoms. The summed E-state index contributed by atoms with van der Waals surface area (Å²) in [6.07, 6.45) is 1.70. The van der Waals surface area contributed by atoms with Gasteiger partial charge < -0.3 is 10.5 Å². The molecule has 0 saturated carbocycles. The SMILES string of the molecule is Cn1cc(COc2ccc(N)cc2F)nn1. The van der Waals surface area contributed by atoms with Crippen LogP contribution in [0.2, 0.25) is 0 Å². The third-order valence-corrected chi connectivity index (χ3v) is 1.98. The summed E-state index contributed by atoms with van der Waals surface area (Å²) in [5.41, 5.74) is 6.42. The summed E-state index contributed by atoms with van der Waals surface area (Å²) in [5, 5.41) is 7.56. The second-order valence-corrected chi connectivity index (χ2v) is 3.36. The van der Waals surface area contributed by atoms with Gasteiger partial charge in [-0.3, -0.25) is 4.68 Å². The number of rotatable bonds is 3. The number of aryl methyl sites for hydroxylation is 1. The Labute approximate surface area is 91.6 Å². The topological polar surface area (TPSA) is 66.0 Å². The van der Waals surface area contributed by atoms with Crippen molar-refractivity contribution in [2.45, 2.75) is 6.61 Å². The Morgan fingerprint density at radius 3 is 2.94 bits per heavy atom. The molecule has 2 aromatic rings. The van der Waals surface area contributed by atoms with Gasteiger partial charge in [-0.05, 0) is 12.1 Å². The van der Waals surface area contributed by atoms with E-state index in [4.69, 9.17) is 10.5 Å². The number of hydrogen-bond acceptors (Lipinski definition) is 4. The first-order valence-corrected chi connectivity index (χ1v) is 4.68. The van der Waals surface area contributed by atoms with Crippen LogP contribution in [0, 0.1) is 5.82 Å². The van der Waals surface area contributed by atoms with Crippen LogP contribution in [-0.2, 0) is 13.7 Å². The molecule has 0 unspecified atom stereocenters. The summed E-state index contributed by atoms with van der Waals surface area (Å²) in [7, 11) is 1.75. The van der Waals surface area contributed by atoms with E-state index in [1.54, 1.807) is 24.0 Å². The van der Waals surface area contributed by atoms with Crippen LogP contribution in [0.15, 0.2) is 24.4 Å². The van der Waals surface area contributed by atoms with Gasteiger partial charge in [-0.25, -0.2) is 4.39 Å². The zero-order valence-corrected chi connectivity index (χ0v) is 8.72. The van der Waals surface area contributed by atoms with Crippen molar-refractivity contribution in [1.29, 1.82) is 0 Å². The molecule has 0 atom stereocenters. The van der Waals surface area contributed by atoms with Gasteiger partial charge >= 0.3 is 0 Å². The van der Waals surface area contributed by atoms with Crippen LogP contribution in [-0.4, -0.2) is 15.0 Å². The minimum atomic E-state index is -0.483. The van der Waals surface area contributed by atoms with E-state index in [9.17, 15) is 4.39 Å². The fourth-order valence-electron chi connectivity index (χ4n) is 1.25. The van der Waals surface area contributed by atoms with Crippen molar-refractivity contribution in [3.8, 4) is 5.75 Å². The van der Waals surface area contributed by atoms with Gasteiger partial charge in [0.25, 0.3) is 0 Å². The minimum absolute atomic E-state index is 0.153. The molecule has 1 heterocycles. The Morgan fingerprint density at radius 1 is 1.50 bits per heavy atom. The van der Waals surface area contributed by atoms with Crippen LogP contribution < -0.4 is 10.5 Å². The molecule has 0 spiro atoms. The van der Waals surface area contributed by atoms with E-state index in [-0.39, 0.29) is 12.4 Å². The Kier molecular flexibility index (Phi) is 2.72. The molecule has 84 valence electrons. The van der Waals surface area contributed by atoms with Crippen molar-refractivity contribution in [3.05, 3.63) is 35.9 Å². The minimum Gasteiger partial charge on any atom is -0.484 e. The van der Waals surface area contributed by atoms with Crippen molar-refractivity contribution in [2.24, 2.45) is 7.05 Å². The molecule has 0 bridgehead atoms. The quantitative estimate of drug-likeness (QED) is 0.790. The van der Waals surface area contributed by atoms with E-state index in [1.807, 2.05) is 0 Å². The maximum absolute atomic E-state index is 13.3. The van der Waals surface area contributed by atoms with Crippen molar-refractivity contribution in [2.75, 3.05) is 5.73 Å². The highest BCUT2D eigenvalue weighted by molar-refractivity contribution is 5.42. The van der Waals surface area contributed by atoms with Crippen LogP contribution in [0.1, 0.15) is 5.69 Å². The van der Waals surface area contributed by atoms with Crippen LogP contribution >= 0.6 is 0 Å². The number of nitrogens with two attached hydrogens (primary N) is 1. The standard InChI is InChI=1S/C10H11FN4O/c1-15-5-8(13-14-15)6-16-10-3-2-7(12)4-9(10)11/h2-5H,6,12H2,1H3. The zero-order valence-electron chi connectivity index (χ0n) is 8.72. The lowest BCUT2D eigenvalue weighted by Crippen LogP contribution is -1.98. The molecule has 2 N–H and O–H groups in total. The third-order valence-electron chi connectivity index (χ3n) is 1.98. The van der Waals surface area contributed by atoms with Crippen LogP contribution in [0.3, 0.4) is 0 Å². The zero-order chi connectivity index (χ0) is 11.5. The molecule has 0 aliphatic heterocycles. The Morgan fingerprint density at radius 2 is 2.31 bits per heavy atom. The van der Waals surface area contributed by atoms with Gasteiger partial charge in [-0.15, -0.1) is 5.10 Å². The van der Waals surface area contributed by atoms with Gasteiger partial charge in [0.05, 0.1) is 6.20 Å². The molecule has 0 fully saturated rings. The molecule has 1 aromatic heterocycles. The van der Waals surface area contributed by atoms with E-state index < -0.39 is 5.82 Å². The molecule has 16 heavy (non-hydrogen) atoms. The maximum atomic E-state index is 13.3. The largest absolute Gasteiger partial charge is 0.484 e. The molecule has 0 radical (unpaired) electrons. The molecule has 2 rings (SSSR count). The van der Waals surface area contributed by atoms with Crippen molar-refractivity contribution in [3.63, 3.8) is 0 Å². The number of aromatic nitrogens is 3. The summed E-state index contributed by atoms with van der Waals surface area (Å²) >= 11 is 0. The summed E-state index contributed by atoms with van der Waals surface area (Å²) in [6.45, 7) is 0.175. The molecule has 1 aromatic carbocycles. The lowest BCUT2D eigenvalue weighted by atomic mass is 10.3. The fraction of sp³-hybridized carbons (Fsp3) is 0.200. The molecule has 0 aliphatic rings. The van der Waals surface area contributed by atoms with Gasteiger partial charge in [-0.2, -0.15) is 0 Å².